The van der Waals surface area contributed by atoms with Gasteiger partial charge in [-0.3, -0.25) is 0 Å². The van der Waals surface area contributed by atoms with Gasteiger partial charge in [0.05, 0.1) is 6.61 Å². The summed E-state index contributed by atoms with van der Waals surface area (Å²) in [6, 6.07) is 9.83. The molecule has 0 bridgehead atoms. The molecule has 3 nitrogen and oxygen atoms in total. The molecule has 1 aromatic carbocycles. The summed E-state index contributed by atoms with van der Waals surface area (Å²) in [5.41, 5.74) is 0.993. The Morgan fingerprint density at radius 3 is 2.33 bits per heavy atom. The standard InChI is InChI=1S/C15H20O3/c1-3-17-15(18-4-2)13-16-12-8-11-14-9-6-5-7-10-14/h5-7,9-10,15H,3-4,12-13H2,1-2H3. The third-order valence-electron chi connectivity index (χ3n) is 2.14. The normalized spacial score (nSPS) is 10.2. The summed E-state index contributed by atoms with van der Waals surface area (Å²) in [6.07, 6.45) is -0.293. The highest BCUT2D eigenvalue weighted by Gasteiger charge is 2.06. The van der Waals surface area contributed by atoms with Gasteiger partial charge in [0.2, 0.25) is 0 Å². The molecule has 0 heterocycles. The maximum absolute atomic E-state index is 5.40. The smallest absolute Gasteiger partial charge is 0.180 e. The van der Waals surface area contributed by atoms with Crippen molar-refractivity contribution in [2.45, 2.75) is 20.1 Å². The Hall–Kier alpha value is -1.34. The third-order valence-corrected chi connectivity index (χ3v) is 2.14. The van der Waals surface area contributed by atoms with Crippen LogP contribution in [0.15, 0.2) is 30.3 Å². The fourth-order valence-corrected chi connectivity index (χ4v) is 1.38. The van der Waals surface area contributed by atoms with Crippen molar-refractivity contribution in [3.63, 3.8) is 0 Å². The van der Waals surface area contributed by atoms with Gasteiger partial charge < -0.3 is 14.2 Å². The minimum atomic E-state index is -0.293. The molecule has 0 unspecified atom stereocenters. The number of rotatable bonds is 7. The van der Waals surface area contributed by atoms with E-state index < -0.39 is 0 Å². The highest BCUT2D eigenvalue weighted by atomic mass is 16.7. The summed E-state index contributed by atoms with van der Waals surface area (Å²) in [5.74, 6) is 5.98. The van der Waals surface area contributed by atoms with Crippen molar-refractivity contribution in [3.05, 3.63) is 35.9 Å². The van der Waals surface area contributed by atoms with Crippen LogP contribution in [0.3, 0.4) is 0 Å². The average molecular weight is 248 g/mol. The van der Waals surface area contributed by atoms with Gasteiger partial charge in [0.25, 0.3) is 0 Å². The van der Waals surface area contributed by atoms with Gasteiger partial charge in [-0.05, 0) is 26.0 Å². The van der Waals surface area contributed by atoms with Gasteiger partial charge in [-0.25, -0.2) is 0 Å². The van der Waals surface area contributed by atoms with Crippen LogP contribution < -0.4 is 0 Å². The number of hydrogen-bond donors (Lipinski definition) is 0. The number of benzene rings is 1. The first kappa shape index (κ1) is 14.7. The van der Waals surface area contributed by atoms with Crippen molar-refractivity contribution in [2.24, 2.45) is 0 Å². The molecular weight excluding hydrogens is 228 g/mol. The summed E-state index contributed by atoms with van der Waals surface area (Å²) < 4.78 is 16.1. The van der Waals surface area contributed by atoms with Crippen molar-refractivity contribution < 1.29 is 14.2 Å². The minimum Gasteiger partial charge on any atom is -0.363 e. The molecule has 3 heteroatoms. The highest BCUT2D eigenvalue weighted by Crippen LogP contribution is 1.97. The third kappa shape index (κ3) is 6.41. The van der Waals surface area contributed by atoms with Gasteiger partial charge in [-0.1, -0.05) is 30.0 Å². The van der Waals surface area contributed by atoms with E-state index in [2.05, 4.69) is 11.8 Å². The zero-order valence-electron chi connectivity index (χ0n) is 11.0. The Labute approximate surface area is 109 Å². The van der Waals surface area contributed by atoms with E-state index in [0.29, 0.717) is 26.4 Å². The topological polar surface area (TPSA) is 27.7 Å². The van der Waals surface area contributed by atoms with Gasteiger partial charge in [0, 0.05) is 18.8 Å². The van der Waals surface area contributed by atoms with Crippen LogP contribution in [0.5, 0.6) is 0 Å². The molecule has 1 rings (SSSR count). The van der Waals surface area contributed by atoms with Gasteiger partial charge >= 0.3 is 0 Å². The van der Waals surface area contributed by atoms with E-state index in [-0.39, 0.29) is 6.29 Å². The van der Waals surface area contributed by atoms with Crippen LogP contribution in [0, 0.1) is 11.8 Å². The summed E-state index contributed by atoms with van der Waals surface area (Å²) >= 11 is 0. The summed E-state index contributed by atoms with van der Waals surface area (Å²) in [4.78, 5) is 0. The van der Waals surface area contributed by atoms with Crippen LogP contribution in [-0.4, -0.2) is 32.7 Å². The number of hydrogen-bond acceptors (Lipinski definition) is 3. The first-order valence-corrected chi connectivity index (χ1v) is 6.21. The molecule has 98 valence electrons. The lowest BCUT2D eigenvalue weighted by atomic mass is 10.2. The lowest BCUT2D eigenvalue weighted by Gasteiger charge is -2.15. The average Bonchev–Trinajstić information content (AvgIpc) is 2.40. The Bertz CT molecular complexity index is 358. The molecule has 0 aliphatic rings. The first-order valence-electron chi connectivity index (χ1n) is 6.21. The molecule has 0 fully saturated rings. The Morgan fingerprint density at radius 2 is 1.72 bits per heavy atom. The molecule has 1 aromatic rings. The molecule has 0 aromatic heterocycles. The van der Waals surface area contributed by atoms with E-state index in [0.717, 1.165) is 5.56 Å². The molecule has 0 spiro atoms. The first-order chi connectivity index (χ1) is 8.86. The van der Waals surface area contributed by atoms with E-state index in [1.54, 1.807) is 0 Å². The van der Waals surface area contributed by atoms with Crippen molar-refractivity contribution in [1.29, 1.82) is 0 Å². The zero-order valence-corrected chi connectivity index (χ0v) is 11.0. The van der Waals surface area contributed by atoms with Gasteiger partial charge in [-0.15, -0.1) is 0 Å². The molecule has 0 atom stereocenters. The van der Waals surface area contributed by atoms with E-state index in [1.807, 2.05) is 44.2 Å². The second kappa shape index (κ2) is 9.67. The predicted molar refractivity (Wildman–Crippen MR) is 71.2 cm³/mol. The quantitative estimate of drug-likeness (QED) is 0.421. The van der Waals surface area contributed by atoms with Crippen molar-refractivity contribution >= 4 is 0 Å². The Kier molecular flexibility index (Phi) is 7.90. The largest absolute Gasteiger partial charge is 0.363 e. The van der Waals surface area contributed by atoms with E-state index in [9.17, 15) is 0 Å². The van der Waals surface area contributed by atoms with Gasteiger partial charge in [0.15, 0.2) is 6.29 Å². The SMILES string of the molecule is CCOC(COCC#Cc1ccccc1)OCC. The molecule has 0 N–H and O–H groups in total. The monoisotopic (exact) mass is 248 g/mol. The van der Waals surface area contributed by atoms with Crippen LogP contribution in [0.2, 0.25) is 0 Å². The van der Waals surface area contributed by atoms with Crippen LogP contribution >= 0.6 is 0 Å². The van der Waals surface area contributed by atoms with Crippen LogP contribution in [0.4, 0.5) is 0 Å². The number of ether oxygens (including phenoxy) is 3. The van der Waals surface area contributed by atoms with Crippen LogP contribution in [-0.2, 0) is 14.2 Å². The second-order valence-corrected chi connectivity index (χ2v) is 3.52. The predicted octanol–water partition coefficient (Wildman–Crippen LogP) is 2.45. The lowest BCUT2D eigenvalue weighted by molar-refractivity contribution is -0.164. The van der Waals surface area contributed by atoms with Crippen LogP contribution in [0.25, 0.3) is 0 Å². The molecule has 18 heavy (non-hydrogen) atoms. The second-order valence-electron chi connectivity index (χ2n) is 3.52. The summed E-state index contributed by atoms with van der Waals surface area (Å²) in [7, 11) is 0. The van der Waals surface area contributed by atoms with Gasteiger partial charge in [0.1, 0.15) is 6.61 Å². The maximum Gasteiger partial charge on any atom is 0.180 e. The molecule has 0 aliphatic carbocycles. The molecule has 0 amide bonds. The Morgan fingerprint density at radius 1 is 1.06 bits per heavy atom. The molecule has 0 saturated carbocycles. The van der Waals surface area contributed by atoms with Crippen molar-refractivity contribution in [1.82, 2.24) is 0 Å². The highest BCUT2D eigenvalue weighted by molar-refractivity contribution is 5.33. The van der Waals surface area contributed by atoms with E-state index in [1.165, 1.54) is 0 Å². The van der Waals surface area contributed by atoms with E-state index >= 15 is 0 Å². The lowest BCUT2D eigenvalue weighted by Crippen LogP contribution is -2.23. The fourth-order valence-electron chi connectivity index (χ4n) is 1.38. The zero-order chi connectivity index (χ0) is 13.1. The molecule has 0 saturated heterocycles. The maximum atomic E-state index is 5.40. The van der Waals surface area contributed by atoms with Crippen LogP contribution in [0.1, 0.15) is 19.4 Å². The summed E-state index contributed by atoms with van der Waals surface area (Å²) in [5, 5.41) is 0. The van der Waals surface area contributed by atoms with Crippen molar-refractivity contribution in [3.8, 4) is 11.8 Å². The minimum absolute atomic E-state index is 0.293. The fraction of sp³-hybridized carbons (Fsp3) is 0.467. The molecular formula is C15H20O3. The van der Waals surface area contributed by atoms with Gasteiger partial charge in [-0.2, -0.15) is 0 Å². The molecule has 0 radical (unpaired) electrons. The van der Waals surface area contributed by atoms with E-state index in [4.69, 9.17) is 14.2 Å². The Balaban J connectivity index is 2.23. The molecule has 0 aliphatic heterocycles. The van der Waals surface area contributed by atoms with Crippen molar-refractivity contribution in [2.75, 3.05) is 26.4 Å². The summed E-state index contributed by atoms with van der Waals surface area (Å²) in [6.45, 7) is 5.88.